The van der Waals surface area contributed by atoms with Crippen LogP contribution in [0.3, 0.4) is 0 Å². The number of hydrogen-bond donors (Lipinski definition) is 0. The highest BCUT2D eigenvalue weighted by molar-refractivity contribution is 6.30. The summed E-state index contributed by atoms with van der Waals surface area (Å²) >= 11 is 6.81. The number of aryl methyl sites for hydroxylation is 1. The Kier molecular flexibility index (Phi) is 7.54. The SMILES string of the molecule is CCCCn1c(-c2ccccc2C)nc(Cl)c1CN1CCCCC1c1ccc(OC)cc1. The molecule has 2 heterocycles. The van der Waals surface area contributed by atoms with E-state index < -0.39 is 0 Å². The second-order valence-electron chi connectivity index (χ2n) is 8.75. The van der Waals surface area contributed by atoms with Crippen LogP contribution < -0.4 is 4.74 Å². The molecule has 0 radical (unpaired) electrons. The van der Waals surface area contributed by atoms with Gasteiger partial charge in [-0.15, -0.1) is 0 Å². The molecular weight excluding hydrogens is 418 g/mol. The van der Waals surface area contributed by atoms with Crippen LogP contribution in [0.1, 0.15) is 61.9 Å². The molecule has 1 fully saturated rings. The summed E-state index contributed by atoms with van der Waals surface area (Å²) in [4.78, 5) is 7.45. The zero-order valence-electron chi connectivity index (χ0n) is 19.5. The lowest BCUT2D eigenvalue weighted by molar-refractivity contribution is 0.137. The fraction of sp³-hybridized carbons (Fsp3) is 0.444. The van der Waals surface area contributed by atoms with Crippen molar-refractivity contribution < 1.29 is 4.74 Å². The first-order valence-electron chi connectivity index (χ1n) is 11.8. The van der Waals surface area contributed by atoms with Crippen molar-refractivity contribution in [2.75, 3.05) is 13.7 Å². The van der Waals surface area contributed by atoms with Gasteiger partial charge in [0.15, 0.2) is 5.15 Å². The summed E-state index contributed by atoms with van der Waals surface area (Å²) in [6.45, 7) is 7.21. The van der Waals surface area contributed by atoms with Crippen LogP contribution in [0.5, 0.6) is 5.75 Å². The molecule has 0 N–H and O–H groups in total. The number of aromatic nitrogens is 2. The highest BCUT2D eigenvalue weighted by Crippen LogP contribution is 2.35. The standard InChI is InChI=1S/C27H34ClN3O/c1-4-5-18-31-25(26(28)29-27(31)23-11-7-6-10-20(23)2)19-30-17-9-8-12-24(30)21-13-15-22(32-3)16-14-21/h6-7,10-11,13-16,24H,4-5,8-9,12,17-19H2,1-3H3. The van der Waals surface area contributed by atoms with E-state index >= 15 is 0 Å². The highest BCUT2D eigenvalue weighted by Gasteiger charge is 2.27. The van der Waals surface area contributed by atoms with E-state index in [2.05, 4.69) is 71.8 Å². The molecule has 0 aliphatic carbocycles. The van der Waals surface area contributed by atoms with Crippen LogP contribution in [-0.2, 0) is 13.1 Å². The third-order valence-corrected chi connectivity index (χ3v) is 6.91. The van der Waals surface area contributed by atoms with Crippen LogP contribution in [-0.4, -0.2) is 28.1 Å². The molecule has 3 aromatic rings. The normalized spacial score (nSPS) is 16.9. The first-order chi connectivity index (χ1) is 15.6. The largest absolute Gasteiger partial charge is 0.497 e. The molecule has 1 aromatic heterocycles. The van der Waals surface area contributed by atoms with Gasteiger partial charge in [-0.3, -0.25) is 4.90 Å². The van der Waals surface area contributed by atoms with Gasteiger partial charge in [-0.2, -0.15) is 0 Å². The molecule has 4 rings (SSSR count). The number of ether oxygens (including phenoxy) is 1. The summed E-state index contributed by atoms with van der Waals surface area (Å²) < 4.78 is 7.73. The smallest absolute Gasteiger partial charge is 0.152 e. The van der Waals surface area contributed by atoms with Gasteiger partial charge >= 0.3 is 0 Å². The average Bonchev–Trinajstić information content (AvgIpc) is 3.13. The summed E-state index contributed by atoms with van der Waals surface area (Å²) in [6.07, 6.45) is 5.89. The van der Waals surface area contributed by atoms with E-state index in [-0.39, 0.29) is 0 Å². The quantitative estimate of drug-likeness (QED) is 0.367. The zero-order valence-corrected chi connectivity index (χ0v) is 20.2. The number of imidazole rings is 1. The van der Waals surface area contributed by atoms with E-state index in [9.17, 15) is 0 Å². The Hall–Kier alpha value is -2.30. The number of piperidine rings is 1. The van der Waals surface area contributed by atoms with Crippen molar-refractivity contribution in [2.24, 2.45) is 0 Å². The molecule has 0 amide bonds. The number of hydrogen-bond acceptors (Lipinski definition) is 3. The Balaban J connectivity index is 1.67. The van der Waals surface area contributed by atoms with E-state index in [0.717, 1.165) is 56.2 Å². The zero-order chi connectivity index (χ0) is 22.5. The third kappa shape index (κ3) is 4.87. The van der Waals surface area contributed by atoms with Crippen LogP contribution in [0.15, 0.2) is 48.5 Å². The number of nitrogens with zero attached hydrogens (tertiary/aromatic N) is 3. The van der Waals surface area contributed by atoms with Gasteiger partial charge in [0, 0.05) is 24.7 Å². The van der Waals surface area contributed by atoms with E-state index in [0.29, 0.717) is 11.2 Å². The second-order valence-corrected chi connectivity index (χ2v) is 9.11. The topological polar surface area (TPSA) is 30.3 Å². The predicted molar refractivity (Wildman–Crippen MR) is 132 cm³/mol. The Morgan fingerprint density at radius 3 is 2.59 bits per heavy atom. The summed E-state index contributed by atoms with van der Waals surface area (Å²) in [7, 11) is 1.72. The molecule has 1 saturated heterocycles. The van der Waals surface area contributed by atoms with Gasteiger partial charge in [-0.25, -0.2) is 4.98 Å². The first kappa shape index (κ1) is 22.9. The number of likely N-dealkylation sites (tertiary alicyclic amines) is 1. The Morgan fingerprint density at radius 2 is 1.88 bits per heavy atom. The van der Waals surface area contributed by atoms with Gasteiger partial charge in [0.2, 0.25) is 0 Å². The van der Waals surface area contributed by atoms with E-state index in [1.165, 1.54) is 29.5 Å². The van der Waals surface area contributed by atoms with E-state index in [4.69, 9.17) is 21.3 Å². The van der Waals surface area contributed by atoms with Crippen molar-refractivity contribution in [1.82, 2.24) is 14.5 Å². The molecule has 0 spiro atoms. The number of methoxy groups -OCH3 is 1. The van der Waals surface area contributed by atoms with Crippen molar-refractivity contribution in [3.63, 3.8) is 0 Å². The van der Waals surface area contributed by atoms with Gasteiger partial charge in [-0.05, 0) is 56.0 Å². The van der Waals surface area contributed by atoms with Crippen molar-refractivity contribution in [1.29, 1.82) is 0 Å². The molecule has 1 unspecified atom stereocenters. The molecular formula is C27H34ClN3O. The molecule has 2 aromatic carbocycles. The van der Waals surface area contributed by atoms with Gasteiger partial charge in [0.25, 0.3) is 0 Å². The number of rotatable bonds is 8. The number of unbranched alkanes of at least 4 members (excludes halogenated alkanes) is 1. The number of benzene rings is 2. The van der Waals surface area contributed by atoms with Gasteiger partial charge in [0.1, 0.15) is 11.6 Å². The summed E-state index contributed by atoms with van der Waals surface area (Å²) in [5.74, 6) is 1.90. The highest BCUT2D eigenvalue weighted by atomic mass is 35.5. The maximum Gasteiger partial charge on any atom is 0.152 e. The lowest BCUT2D eigenvalue weighted by atomic mass is 9.95. The first-order valence-corrected chi connectivity index (χ1v) is 12.2. The van der Waals surface area contributed by atoms with Gasteiger partial charge in [-0.1, -0.05) is 67.8 Å². The Labute approximate surface area is 197 Å². The molecule has 32 heavy (non-hydrogen) atoms. The lowest BCUT2D eigenvalue weighted by Crippen LogP contribution is -2.33. The summed E-state index contributed by atoms with van der Waals surface area (Å²) in [5.41, 5.74) is 4.88. The van der Waals surface area contributed by atoms with E-state index in [1.54, 1.807) is 7.11 Å². The fourth-order valence-corrected chi connectivity index (χ4v) is 5.01. The van der Waals surface area contributed by atoms with Gasteiger partial charge in [0.05, 0.1) is 12.8 Å². The van der Waals surface area contributed by atoms with Crippen LogP contribution in [0.2, 0.25) is 5.15 Å². The predicted octanol–water partition coefficient (Wildman–Crippen LogP) is 7.05. The fourth-order valence-electron chi connectivity index (χ4n) is 4.77. The Morgan fingerprint density at radius 1 is 1.09 bits per heavy atom. The monoisotopic (exact) mass is 451 g/mol. The molecule has 4 nitrogen and oxygen atoms in total. The minimum atomic E-state index is 0.391. The summed E-state index contributed by atoms with van der Waals surface area (Å²) in [6, 6.07) is 17.4. The van der Waals surface area contributed by atoms with Crippen molar-refractivity contribution in [3.05, 3.63) is 70.5 Å². The second kappa shape index (κ2) is 10.5. The molecule has 0 saturated carbocycles. The van der Waals surface area contributed by atoms with Crippen LogP contribution in [0.25, 0.3) is 11.4 Å². The van der Waals surface area contributed by atoms with Crippen molar-refractivity contribution >= 4 is 11.6 Å². The lowest BCUT2D eigenvalue weighted by Gasteiger charge is -2.36. The molecule has 1 aliphatic heterocycles. The molecule has 1 aliphatic rings. The van der Waals surface area contributed by atoms with Gasteiger partial charge < -0.3 is 9.30 Å². The molecule has 170 valence electrons. The van der Waals surface area contributed by atoms with Crippen molar-refractivity contribution in [2.45, 2.75) is 65.1 Å². The maximum absolute atomic E-state index is 6.81. The summed E-state index contributed by atoms with van der Waals surface area (Å²) in [5, 5.41) is 0.637. The minimum Gasteiger partial charge on any atom is -0.497 e. The van der Waals surface area contributed by atoms with Crippen LogP contribution >= 0.6 is 11.6 Å². The van der Waals surface area contributed by atoms with E-state index in [1.807, 2.05) is 0 Å². The van der Waals surface area contributed by atoms with Crippen LogP contribution in [0, 0.1) is 6.92 Å². The maximum atomic E-state index is 6.81. The molecule has 0 bridgehead atoms. The third-order valence-electron chi connectivity index (χ3n) is 6.61. The minimum absolute atomic E-state index is 0.391. The number of halogens is 1. The average molecular weight is 452 g/mol. The molecule has 5 heteroatoms. The van der Waals surface area contributed by atoms with Crippen LogP contribution in [0.4, 0.5) is 0 Å². The molecule has 1 atom stereocenters. The van der Waals surface area contributed by atoms with Crippen molar-refractivity contribution in [3.8, 4) is 17.1 Å². The Bertz CT molecular complexity index is 1030.